The number of thiazole rings is 1. The average molecular weight is 394 g/mol. The van der Waals surface area contributed by atoms with Gasteiger partial charge in [-0.15, -0.1) is 0 Å². The number of nitrogens with zero attached hydrogens (tertiary/aromatic N) is 1. The van der Waals surface area contributed by atoms with E-state index in [4.69, 9.17) is 11.6 Å². The fourth-order valence-electron chi connectivity index (χ4n) is 1.88. The maximum absolute atomic E-state index is 11.9. The first-order valence-corrected chi connectivity index (χ1v) is 8.40. The van der Waals surface area contributed by atoms with Crippen molar-refractivity contribution >= 4 is 66.2 Å². The molecule has 6 heteroatoms. The largest absolute Gasteiger partial charge is 0.298 e. The van der Waals surface area contributed by atoms with Crippen molar-refractivity contribution in [3.05, 3.63) is 63.6 Å². The standard InChI is InChI=1S/C16H10BrClN2OS/c17-11-5-6-13-14(9-11)22-16(19-13)20-15(21)7-4-10-2-1-3-12(18)8-10/h1-9H,(H,19,20,21)/b7-4-. The monoisotopic (exact) mass is 392 g/mol. The molecule has 0 aliphatic carbocycles. The van der Waals surface area contributed by atoms with E-state index in [1.165, 1.54) is 17.4 Å². The zero-order valence-electron chi connectivity index (χ0n) is 11.2. The lowest BCUT2D eigenvalue weighted by atomic mass is 10.2. The molecule has 0 unspecified atom stereocenters. The number of nitrogens with one attached hydrogen (secondary N) is 1. The molecule has 2 aromatic carbocycles. The zero-order valence-corrected chi connectivity index (χ0v) is 14.4. The number of aromatic nitrogens is 1. The van der Waals surface area contributed by atoms with Crippen LogP contribution in [-0.2, 0) is 4.79 Å². The third-order valence-electron chi connectivity index (χ3n) is 2.86. The van der Waals surface area contributed by atoms with Crippen LogP contribution in [0.25, 0.3) is 16.3 Å². The summed E-state index contributed by atoms with van der Waals surface area (Å²) in [5.74, 6) is -0.224. The van der Waals surface area contributed by atoms with Crippen LogP contribution in [0.1, 0.15) is 5.56 Å². The molecule has 0 radical (unpaired) electrons. The third-order valence-corrected chi connectivity index (χ3v) is 4.52. The summed E-state index contributed by atoms with van der Waals surface area (Å²) in [6.45, 7) is 0. The predicted octanol–water partition coefficient (Wildman–Crippen LogP) is 5.36. The molecule has 0 saturated heterocycles. The number of carbonyl (C=O) groups is 1. The Hall–Kier alpha value is -1.69. The Morgan fingerprint density at radius 3 is 2.95 bits per heavy atom. The molecule has 0 aliphatic heterocycles. The molecule has 1 N–H and O–H groups in total. The molecule has 110 valence electrons. The molecular formula is C16H10BrClN2OS. The Morgan fingerprint density at radius 2 is 2.14 bits per heavy atom. The van der Waals surface area contributed by atoms with Gasteiger partial charge in [0.15, 0.2) is 5.13 Å². The molecule has 0 spiro atoms. The van der Waals surface area contributed by atoms with Crippen molar-refractivity contribution in [2.45, 2.75) is 0 Å². The summed E-state index contributed by atoms with van der Waals surface area (Å²) in [6, 6.07) is 13.1. The van der Waals surface area contributed by atoms with E-state index < -0.39 is 0 Å². The first-order valence-electron chi connectivity index (χ1n) is 6.41. The van der Waals surface area contributed by atoms with Gasteiger partial charge in [0.1, 0.15) is 0 Å². The van der Waals surface area contributed by atoms with E-state index >= 15 is 0 Å². The Balaban J connectivity index is 1.72. The summed E-state index contributed by atoms with van der Waals surface area (Å²) in [6.07, 6.45) is 3.18. The van der Waals surface area contributed by atoms with Crippen LogP contribution in [0.4, 0.5) is 5.13 Å². The fraction of sp³-hybridized carbons (Fsp3) is 0. The minimum atomic E-state index is -0.224. The molecular weight excluding hydrogens is 384 g/mol. The van der Waals surface area contributed by atoms with Crippen molar-refractivity contribution in [2.75, 3.05) is 5.32 Å². The van der Waals surface area contributed by atoms with E-state index in [1.807, 2.05) is 30.3 Å². The maximum atomic E-state index is 11.9. The highest BCUT2D eigenvalue weighted by Crippen LogP contribution is 2.28. The van der Waals surface area contributed by atoms with Crippen LogP contribution in [0.5, 0.6) is 0 Å². The van der Waals surface area contributed by atoms with Crippen molar-refractivity contribution in [1.29, 1.82) is 0 Å². The fourth-order valence-corrected chi connectivity index (χ4v) is 3.50. The van der Waals surface area contributed by atoms with Gasteiger partial charge >= 0.3 is 0 Å². The molecule has 3 rings (SSSR count). The zero-order chi connectivity index (χ0) is 15.5. The van der Waals surface area contributed by atoms with Crippen molar-refractivity contribution in [3.63, 3.8) is 0 Å². The number of benzene rings is 2. The van der Waals surface area contributed by atoms with Crippen molar-refractivity contribution in [3.8, 4) is 0 Å². The lowest BCUT2D eigenvalue weighted by molar-refractivity contribution is -0.111. The molecule has 1 aromatic heterocycles. The maximum Gasteiger partial charge on any atom is 0.250 e. The van der Waals surface area contributed by atoms with Gasteiger partial charge in [-0.25, -0.2) is 4.98 Å². The Morgan fingerprint density at radius 1 is 1.27 bits per heavy atom. The lowest BCUT2D eigenvalue weighted by Gasteiger charge is -1.96. The van der Waals surface area contributed by atoms with Crippen LogP contribution in [0, 0.1) is 0 Å². The molecule has 1 heterocycles. The van der Waals surface area contributed by atoms with Crippen LogP contribution in [-0.4, -0.2) is 10.9 Å². The number of amides is 1. The van der Waals surface area contributed by atoms with E-state index in [0.29, 0.717) is 10.2 Å². The van der Waals surface area contributed by atoms with E-state index in [1.54, 1.807) is 18.2 Å². The smallest absolute Gasteiger partial charge is 0.250 e. The summed E-state index contributed by atoms with van der Waals surface area (Å²) in [7, 11) is 0. The molecule has 1 amide bonds. The van der Waals surface area contributed by atoms with Crippen LogP contribution >= 0.6 is 38.9 Å². The van der Waals surface area contributed by atoms with E-state index in [0.717, 1.165) is 20.3 Å². The average Bonchev–Trinajstić information content (AvgIpc) is 2.86. The quantitative estimate of drug-likeness (QED) is 0.608. The van der Waals surface area contributed by atoms with Crippen molar-refractivity contribution in [1.82, 2.24) is 4.98 Å². The minimum absolute atomic E-state index is 0.224. The van der Waals surface area contributed by atoms with Gasteiger partial charge in [-0.3, -0.25) is 10.1 Å². The third kappa shape index (κ3) is 3.74. The number of halogens is 2. The second-order valence-electron chi connectivity index (χ2n) is 4.51. The van der Waals surface area contributed by atoms with Gasteiger partial charge in [-0.2, -0.15) is 0 Å². The van der Waals surface area contributed by atoms with E-state index in [9.17, 15) is 4.79 Å². The first kappa shape index (κ1) is 15.2. The van der Waals surface area contributed by atoms with Gasteiger partial charge in [0, 0.05) is 15.6 Å². The van der Waals surface area contributed by atoms with Gasteiger partial charge in [0.05, 0.1) is 10.2 Å². The minimum Gasteiger partial charge on any atom is -0.298 e. The van der Waals surface area contributed by atoms with Crippen molar-refractivity contribution in [2.24, 2.45) is 0 Å². The highest BCUT2D eigenvalue weighted by molar-refractivity contribution is 9.10. The number of hydrogen-bond acceptors (Lipinski definition) is 3. The van der Waals surface area contributed by atoms with Gasteiger partial charge in [-0.1, -0.05) is 51.0 Å². The number of fused-ring (bicyclic) bond motifs is 1. The Bertz CT molecular complexity index is 875. The molecule has 0 atom stereocenters. The summed E-state index contributed by atoms with van der Waals surface area (Å²) in [4.78, 5) is 16.3. The lowest BCUT2D eigenvalue weighted by Crippen LogP contribution is -2.07. The number of anilines is 1. The van der Waals surface area contributed by atoms with Gasteiger partial charge in [0.25, 0.3) is 0 Å². The Labute approximate surface area is 144 Å². The highest BCUT2D eigenvalue weighted by Gasteiger charge is 2.06. The molecule has 3 aromatic rings. The molecule has 0 fully saturated rings. The summed E-state index contributed by atoms with van der Waals surface area (Å²) in [5, 5.41) is 3.98. The number of hydrogen-bond donors (Lipinski definition) is 1. The molecule has 0 bridgehead atoms. The molecule has 3 nitrogen and oxygen atoms in total. The van der Waals surface area contributed by atoms with E-state index in [2.05, 4.69) is 26.2 Å². The van der Waals surface area contributed by atoms with Crippen LogP contribution in [0.2, 0.25) is 5.02 Å². The molecule has 0 saturated carbocycles. The number of rotatable bonds is 3. The van der Waals surface area contributed by atoms with E-state index in [-0.39, 0.29) is 5.91 Å². The summed E-state index contributed by atoms with van der Waals surface area (Å²) < 4.78 is 2.01. The second-order valence-corrected chi connectivity index (χ2v) is 6.89. The SMILES string of the molecule is O=C(/C=C\c1cccc(Cl)c1)Nc1nc2ccc(Br)cc2s1. The van der Waals surface area contributed by atoms with Gasteiger partial charge in [-0.05, 0) is 42.0 Å². The predicted molar refractivity (Wildman–Crippen MR) is 96.4 cm³/mol. The van der Waals surface area contributed by atoms with Crippen LogP contribution < -0.4 is 5.32 Å². The second kappa shape index (κ2) is 6.60. The van der Waals surface area contributed by atoms with Crippen LogP contribution in [0.15, 0.2) is 53.0 Å². The van der Waals surface area contributed by atoms with Gasteiger partial charge in [0.2, 0.25) is 5.91 Å². The number of carbonyl (C=O) groups excluding carboxylic acids is 1. The first-order chi connectivity index (χ1) is 10.6. The highest BCUT2D eigenvalue weighted by atomic mass is 79.9. The molecule has 22 heavy (non-hydrogen) atoms. The van der Waals surface area contributed by atoms with Crippen LogP contribution in [0.3, 0.4) is 0 Å². The van der Waals surface area contributed by atoms with Gasteiger partial charge < -0.3 is 0 Å². The van der Waals surface area contributed by atoms with Crippen molar-refractivity contribution < 1.29 is 4.79 Å². The molecule has 0 aliphatic rings. The Kier molecular flexibility index (Phi) is 4.57. The normalized spacial score (nSPS) is 11.2. The summed E-state index contributed by atoms with van der Waals surface area (Å²) >= 11 is 10.8. The topological polar surface area (TPSA) is 42.0 Å². The summed E-state index contributed by atoms with van der Waals surface area (Å²) in [5.41, 5.74) is 1.73.